The number of halogens is 1. The normalized spacial score (nSPS) is 24.7. The summed E-state index contributed by atoms with van der Waals surface area (Å²) in [6.07, 6.45) is 5.88. The average molecular weight is 382 g/mol. The molecule has 1 atom stereocenters. The van der Waals surface area contributed by atoms with Crippen molar-refractivity contribution in [2.45, 2.75) is 64.5 Å². The number of hydrogen-bond donors (Lipinski definition) is 1. The fourth-order valence-corrected chi connectivity index (χ4v) is 4.21. The Bertz CT molecular complexity index is 890. The van der Waals surface area contributed by atoms with E-state index >= 15 is 0 Å². The van der Waals surface area contributed by atoms with Crippen molar-refractivity contribution in [1.82, 2.24) is 9.97 Å². The van der Waals surface area contributed by atoms with Crippen molar-refractivity contribution < 1.29 is 9.23 Å². The number of nitrogens with two attached hydrogens (primary N) is 1. The van der Waals surface area contributed by atoms with Crippen molar-refractivity contribution in [3.05, 3.63) is 58.4 Å². The summed E-state index contributed by atoms with van der Waals surface area (Å²) in [6, 6.07) is 7.49. The Morgan fingerprint density at radius 3 is 2.64 bits per heavy atom. The SMILES string of the molecule is Cc1nc(Cc2ccc(F)c(C)c2)cc(C2=NOC(C3CCC(N)CC3)C2)n1. The molecule has 1 unspecified atom stereocenters. The van der Waals surface area contributed by atoms with Crippen LogP contribution in [0.3, 0.4) is 0 Å². The van der Waals surface area contributed by atoms with Gasteiger partial charge in [0.25, 0.3) is 0 Å². The van der Waals surface area contributed by atoms with Gasteiger partial charge in [-0.15, -0.1) is 0 Å². The Labute approximate surface area is 165 Å². The first-order valence-electron chi connectivity index (χ1n) is 10.1. The molecule has 1 saturated carbocycles. The van der Waals surface area contributed by atoms with Crippen molar-refractivity contribution in [3.63, 3.8) is 0 Å². The first-order valence-corrected chi connectivity index (χ1v) is 10.1. The lowest BCUT2D eigenvalue weighted by Crippen LogP contribution is -2.32. The molecule has 5 nitrogen and oxygen atoms in total. The molecule has 0 bridgehead atoms. The fraction of sp³-hybridized carbons (Fsp3) is 0.500. The highest BCUT2D eigenvalue weighted by atomic mass is 19.1. The number of hydrogen-bond acceptors (Lipinski definition) is 5. The summed E-state index contributed by atoms with van der Waals surface area (Å²) in [5, 5.41) is 4.34. The second kappa shape index (κ2) is 7.95. The summed E-state index contributed by atoms with van der Waals surface area (Å²) in [4.78, 5) is 14.9. The van der Waals surface area contributed by atoms with E-state index in [9.17, 15) is 4.39 Å². The second-order valence-corrected chi connectivity index (χ2v) is 8.11. The van der Waals surface area contributed by atoms with Crippen LogP contribution in [0.2, 0.25) is 0 Å². The molecule has 2 aromatic rings. The Balaban J connectivity index is 1.47. The molecule has 1 aliphatic heterocycles. The largest absolute Gasteiger partial charge is 0.391 e. The minimum atomic E-state index is -0.185. The summed E-state index contributed by atoms with van der Waals surface area (Å²) in [5.41, 5.74) is 10.3. The first kappa shape index (κ1) is 19.0. The molecule has 0 amide bonds. The zero-order chi connectivity index (χ0) is 19.7. The molecule has 1 aliphatic carbocycles. The van der Waals surface area contributed by atoms with Crippen LogP contribution in [-0.4, -0.2) is 27.8 Å². The minimum absolute atomic E-state index is 0.126. The van der Waals surface area contributed by atoms with E-state index in [0.29, 0.717) is 29.8 Å². The molecule has 1 fully saturated rings. The van der Waals surface area contributed by atoms with Crippen LogP contribution in [0, 0.1) is 25.6 Å². The lowest BCUT2D eigenvalue weighted by molar-refractivity contribution is 0.0249. The highest BCUT2D eigenvalue weighted by molar-refractivity contribution is 5.99. The van der Waals surface area contributed by atoms with Crippen LogP contribution in [0.15, 0.2) is 29.4 Å². The van der Waals surface area contributed by atoms with E-state index in [1.54, 1.807) is 13.0 Å². The summed E-state index contributed by atoms with van der Waals surface area (Å²) in [5.74, 6) is 1.04. The predicted molar refractivity (Wildman–Crippen MR) is 107 cm³/mol. The number of oxime groups is 1. The fourth-order valence-electron chi connectivity index (χ4n) is 4.21. The van der Waals surface area contributed by atoms with Crippen molar-refractivity contribution in [2.24, 2.45) is 16.8 Å². The monoisotopic (exact) mass is 382 g/mol. The Kier molecular flexibility index (Phi) is 5.40. The number of nitrogens with zero attached hydrogens (tertiary/aromatic N) is 3. The smallest absolute Gasteiger partial charge is 0.136 e. The third-order valence-corrected chi connectivity index (χ3v) is 5.83. The minimum Gasteiger partial charge on any atom is -0.391 e. The topological polar surface area (TPSA) is 73.4 Å². The van der Waals surface area contributed by atoms with Gasteiger partial charge in [0.2, 0.25) is 0 Å². The van der Waals surface area contributed by atoms with E-state index in [1.807, 2.05) is 19.1 Å². The van der Waals surface area contributed by atoms with Crippen LogP contribution in [0.5, 0.6) is 0 Å². The second-order valence-electron chi connectivity index (χ2n) is 8.11. The van der Waals surface area contributed by atoms with E-state index in [4.69, 9.17) is 10.6 Å². The highest BCUT2D eigenvalue weighted by Gasteiger charge is 2.33. The van der Waals surface area contributed by atoms with Gasteiger partial charge in [-0.3, -0.25) is 0 Å². The Hall–Kier alpha value is -2.34. The van der Waals surface area contributed by atoms with Gasteiger partial charge < -0.3 is 10.6 Å². The summed E-state index contributed by atoms with van der Waals surface area (Å²) in [7, 11) is 0. The van der Waals surface area contributed by atoms with Crippen LogP contribution in [0.4, 0.5) is 4.39 Å². The van der Waals surface area contributed by atoms with E-state index in [-0.39, 0.29) is 11.9 Å². The molecule has 0 saturated heterocycles. The number of aromatic nitrogens is 2. The van der Waals surface area contributed by atoms with Gasteiger partial charge in [0.15, 0.2) is 0 Å². The van der Waals surface area contributed by atoms with Crippen molar-refractivity contribution >= 4 is 5.71 Å². The Morgan fingerprint density at radius 2 is 1.89 bits per heavy atom. The molecule has 2 heterocycles. The van der Waals surface area contributed by atoms with Crippen molar-refractivity contribution in [2.75, 3.05) is 0 Å². The van der Waals surface area contributed by atoms with Gasteiger partial charge in [-0.1, -0.05) is 17.3 Å². The van der Waals surface area contributed by atoms with Gasteiger partial charge in [-0.05, 0) is 68.7 Å². The van der Waals surface area contributed by atoms with Crippen LogP contribution in [0.25, 0.3) is 0 Å². The summed E-state index contributed by atoms with van der Waals surface area (Å²) >= 11 is 0. The molecule has 1 aromatic carbocycles. The molecule has 2 N–H and O–H groups in total. The summed E-state index contributed by atoms with van der Waals surface area (Å²) in [6.45, 7) is 3.66. The number of aryl methyl sites for hydroxylation is 2. The molecular formula is C22H27FN4O. The maximum atomic E-state index is 13.5. The molecule has 1 aromatic heterocycles. The molecule has 6 heteroatoms. The van der Waals surface area contributed by atoms with E-state index in [1.165, 1.54) is 6.07 Å². The average Bonchev–Trinajstić information content (AvgIpc) is 3.15. The zero-order valence-corrected chi connectivity index (χ0v) is 16.5. The molecule has 0 radical (unpaired) electrons. The van der Waals surface area contributed by atoms with Gasteiger partial charge >= 0.3 is 0 Å². The maximum Gasteiger partial charge on any atom is 0.136 e. The third-order valence-electron chi connectivity index (χ3n) is 5.83. The zero-order valence-electron chi connectivity index (χ0n) is 16.5. The molecule has 148 valence electrons. The predicted octanol–water partition coefficient (Wildman–Crippen LogP) is 3.83. The van der Waals surface area contributed by atoms with Crippen LogP contribution in [0.1, 0.15) is 60.4 Å². The molecular weight excluding hydrogens is 355 g/mol. The lowest BCUT2D eigenvalue weighted by Gasteiger charge is -2.28. The van der Waals surface area contributed by atoms with Crippen molar-refractivity contribution in [3.8, 4) is 0 Å². The van der Waals surface area contributed by atoms with Gasteiger partial charge in [0.1, 0.15) is 23.5 Å². The summed E-state index contributed by atoms with van der Waals surface area (Å²) < 4.78 is 13.5. The van der Waals surface area contributed by atoms with Gasteiger partial charge in [0, 0.05) is 24.6 Å². The van der Waals surface area contributed by atoms with E-state index in [2.05, 4.69) is 15.1 Å². The molecule has 28 heavy (non-hydrogen) atoms. The van der Waals surface area contributed by atoms with Gasteiger partial charge in [-0.2, -0.15) is 0 Å². The third kappa shape index (κ3) is 4.22. The highest BCUT2D eigenvalue weighted by Crippen LogP contribution is 2.32. The van der Waals surface area contributed by atoms with Gasteiger partial charge in [-0.25, -0.2) is 14.4 Å². The maximum absolute atomic E-state index is 13.5. The van der Waals surface area contributed by atoms with Crippen LogP contribution in [-0.2, 0) is 11.3 Å². The van der Waals surface area contributed by atoms with Crippen LogP contribution >= 0.6 is 0 Å². The van der Waals surface area contributed by atoms with E-state index < -0.39 is 0 Å². The van der Waals surface area contributed by atoms with Crippen LogP contribution < -0.4 is 5.73 Å². The standard InChI is InChI=1S/C22H27FN4O/c1-13-9-15(3-8-19(13)23)10-18-11-20(26-14(2)25-18)21-12-22(28-27-21)16-4-6-17(24)7-5-16/h3,8-9,11,16-17,22H,4-7,10,12,24H2,1-2H3. The lowest BCUT2D eigenvalue weighted by atomic mass is 9.81. The Morgan fingerprint density at radius 1 is 1.11 bits per heavy atom. The molecule has 0 spiro atoms. The molecule has 2 aliphatic rings. The quantitative estimate of drug-likeness (QED) is 0.872. The molecule has 4 rings (SSSR count). The van der Waals surface area contributed by atoms with E-state index in [0.717, 1.165) is 54.8 Å². The first-order chi connectivity index (χ1) is 13.5. The number of rotatable bonds is 4. The van der Waals surface area contributed by atoms with Gasteiger partial charge in [0.05, 0.1) is 5.69 Å². The number of benzene rings is 1. The van der Waals surface area contributed by atoms with Crippen molar-refractivity contribution in [1.29, 1.82) is 0 Å².